The molecule has 0 aliphatic rings. The van der Waals surface area contributed by atoms with Gasteiger partial charge < -0.3 is 4.74 Å². The number of aromatic amines is 1. The van der Waals surface area contributed by atoms with Crippen LogP contribution < -0.4 is 10.3 Å². The number of pyridine rings is 1. The second-order valence-electron chi connectivity index (χ2n) is 5.29. The number of H-pyrrole nitrogens is 1. The molecule has 6 nitrogen and oxygen atoms in total. The van der Waals surface area contributed by atoms with Gasteiger partial charge in [-0.3, -0.25) is 9.89 Å². The molecule has 0 spiro atoms. The Morgan fingerprint density at radius 2 is 2.17 bits per heavy atom. The van der Waals surface area contributed by atoms with Crippen molar-refractivity contribution in [2.45, 2.75) is 6.92 Å². The number of fused-ring (bicyclic) bond motifs is 1. The molecular formula is C17H14N4O2S. The van der Waals surface area contributed by atoms with Crippen LogP contribution in [0.4, 0.5) is 0 Å². The first kappa shape index (κ1) is 14.6. The van der Waals surface area contributed by atoms with Crippen LogP contribution in [0, 0.1) is 6.92 Å². The maximum Gasteiger partial charge on any atom is 0.273 e. The van der Waals surface area contributed by atoms with Crippen LogP contribution in [0.2, 0.25) is 0 Å². The lowest BCUT2D eigenvalue weighted by molar-refractivity contribution is 0.399. The highest BCUT2D eigenvalue weighted by molar-refractivity contribution is 7.13. The van der Waals surface area contributed by atoms with Gasteiger partial charge in [-0.05, 0) is 30.5 Å². The Bertz CT molecular complexity index is 1080. The molecule has 4 aromatic rings. The van der Waals surface area contributed by atoms with E-state index in [-0.39, 0.29) is 5.56 Å². The van der Waals surface area contributed by atoms with E-state index in [4.69, 9.17) is 4.74 Å². The summed E-state index contributed by atoms with van der Waals surface area (Å²) in [4.78, 5) is 22.4. The molecule has 0 aliphatic carbocycles. The van der Waals surface area contributed by atoms with E-state index in [1.54, 1.807) is 30.7 Å². The molecule has 0 radical (unpaired) electrons. The van der Waals surface area contributed by atoms with Crippen LogP contribution in [-0.4, -0.2) is 26.7 Å². The van der Waals surface area contributed by atoms with Crippen molar-refractivity contribution in [3.8, 4) is 27.7 Å². The monoisotopic (exact) mass is 338 g/mol. The number of thiophene rings is 1. The number of nitrogens with zero attached hydrogens (tertiary/aromatic N) is 3. The number of hydrogen-bond donors (Lipinski definition) is 1. The third-order valence-corrected chi connectivity index (χ3v) is 4.75. The first-order valence-corrected chi connectivity index (χ1v) is 8.22. The average molecular weight is 338 g/mol. The predicted octanol–water partition coefficient (Wildman–Crippen LogP) is 3.13. The number of ether oxygens (including phenoxy) is 1. The summed E-state index contributed by atoms with van der Waals surface area (Å²) in [5, 5.41) is 5.15. The third-order valence-electron chi connectivity index (χ3n) is 3.86. The molecule has 4 rings (SSSR count). The zero-order valence-electron chi connectivity index (χ0n) is 13.1. The highest BCUT2D eigenvalue weighted by Gasteiger charge is 2.16. The molecule has 0 fully saturated rings. The molecule has 0 aliphatic heterocycles. The van der Waals surface area contributed by atoms with E-state index in [9.17, 15) is 4.79 Å². The van der Waals surface area contributed by atoms with Gasteiger partial charge in [0.25, 0.3) is 5.56 Å². The molecule has 120 valence electrons. The second kappa shape index (κ2) is 5.61. The molecule has 24 heavy (non-hydrogen) atoms. The van der Waals surface area contributed by atoms with Crippen LogP contribution in [-0.2, 0) is 0 Å². The maximum atomic E-state index is 12.5. The summed E-state index contributed by atoms with van der Waals surface area (Å²) in [5.41, 5.74) is 3.51. The predicted molar refractivity (Wildman–Crippen MR) is 93.6 cm³/mol. The van der Waals surface area contributed by atoms with E-state index in [0.717, 1.165) is 16.1 Å². The fourth-order valence-corrected chi connectivity index (χ4v) is 3.47. The largest absolute Gasteiger partial charge is 0.481 e. The zero-order chi connectivity index (χ0) is 16.7. The normalized spacial score (nSPS) is 11.1. The van der Waals surface area contributed by atoms with Gasteiger partial charge in [0.15, 0.2) is 5.65 Å². The van der Waals surface area contributed by atoms with Gasteiger partial charge in [0.2, 0.25) is 5.88 Å². The van der Waals surface area contributed by atoms with Gasteiger partial charge in [-0.25, -0.2) is 14.5 Å². The Balaban J connectivity index is 1.98. The maximum absolute atomic E-state index is 12.5. The lowest BCUT2D eigenvalue weighted by Crippen LogP contribution is -2.14. The lowest BCUT2D eigenvalue weighted by Gasteiger charge is -2.06. The summed E-state index contributed by atoms with van der Waals surface area (Å²) in [6.07, 6.45) is 1.64. The molecule has 4 heterocycles. The van der Waals surface area contributed by atoms with Crippen LogP contribution in [0.1, 0.15) is 5.56 Å². The van der Waals surface area contributed by atoms with Gasteiger partial charge >= 0.3 is 0 Å². The first-order chi connectivity index (χ1) is 11.7. The minimum atomic E-state index is -0.174. The Hall–Kier alpha value is -2.93. The Labute approximate surface area is 141 Å². The molecule has 0 saturated heterocycles. The van der Waals surface area contributed by atoms with Crippen molar-refractivity contribution < 1.29 is 4.74 Å². The van der Waals surface area contributed by atoms with Crippen LogP contribution in [0.3, 0.4) is 0 Å². The average Bonchev–Trinajstić information content (AvgIpc) is 3.23. The highest BCUT2D eigenvalue weighted by Crippen LogP contribution is 2.30. The van der Waals surface area contributed by atoms with E-state index in [0.29, 0.717) is 22.8 Å². The molecule has 0 aromatic carbocycles. The molecule has 0 unspecified atom stereocenters. The number of rotatable bonds is 3. The molecular weight excluding hydrogens is 324 g/mol. The topological polar surface area (TPSA) is 72.3 Å². The highest BCUT2D eigenvalue weighted by atomic mass is 32.1. The number of aryl methyl sites for hydroxylation is 1. The fraction of sp³-hybridized carbons (Fsp3) is 0.118. The molecule has 0 atom stereocenters. The Morgan fingerprint density at radius 1 is 1.29 bits per heavy atom. The standard InChI is InChI=1S/C17H14N4O2S/c1-10-15(13-6-4-8-24-13)20-21-14(22)9-12(19-16(10)21)11-5-3-7-18-17(11)23-2/h3-9,20H,1-2H3. The molecule has 0 bridgehead atoms. The lowest BCUT2D eigenvalue weighted by atomic mass is 10.2. The number of methoxy groups -OCH3 is 1. The Kier molecular flexibility index (Phi) is 3.42. The summed E-state index contributed by atoms with van der Waals surface area (Å²) in [6, 6.07) is 9.11. The van der Waals surface area contributed by atoms with Crippen molar-refractivity contribution >= 4 is 17.0 Å². The smallest absolute Gasteiger partial charge is 0.273 e. The SMILES string of the molecule is COc1ncccc1-c1cc(=O)n2[nH]c(-c3cccs3)c(C)c2n1. The van der Waals surface area contributed by atoms with E-state index in [1.165, 1.54) is 10.6 Å². The number of aromatic nitrogens is 4. The van der Waals surface area contributed by atoms with Crippen LogP contribution >= 0.6 is 11.3 Å². The van der Waals surface area contributed by atoms with E-state index < -0.39 is 0 Å². The summed E-state index contributed by atoms with van der Waals surface area (Å²) in [6.45, 7) is 1.96. The summed E-state index contributed by atoms with van der Waals surface area (Å²) >= 11 is 1.61. The molecule has 4 aromatic heterocycles. The zero-order valence-corrected chi connectivity index (χ0v) is 13.9. The van der Waals surface area contributed by atoms with Gasteiger partial charge in [-0.2, -0.15) is 0 Å². The van der Waals surface area contributed by atoms with Crippen LogP contribution in [0.5, 0.6) is 5.88 Å². The van der Waals surface area contributed by atoms with Crippen molar-refractivity contribution in [2.24, 2.45) is 0 Å². The summed E-state index contributed by atoms with van der Waals surface area (Å²) < 4.78 is 6.75. The van der Waals surface area contributed by atoms with Gasteiger partial charge in [-0.15, -0.1) is 11.3 Å². The minimum absolute atomic E-state index is 0.174. The van der Waals surface area contributed by atoms with Crippen LogP contribution in [0.25, 0.3) is 27.5 Å². The number of hydrogen-bond acceptors (Lipinski definition) is 5. The Morgan fingerprint density at radius 3 is 2.92 bits per heavy atom. The van der Waals surface area contributed by atoms with Crippen molar-refractivity contribution in [1.29, 1.82) is 0 Å². The summed E-state index contributed by atoms with van der Waals surface area (Å²) in [5.74, 6) is 0.445. The minimum Gasteiger partial charge on any atom is -0.481 e. The molecule has 7 heteroatoms. The van der Waals surface area contributed by atoms with Crippen molar-refractivity contribution in [3.63, 3.8) is 0 Å². The molecule has 1 N–H and O–H groups in total. The van der Waals surface area contributed by atoms with Gasteiger partial charge in [0.05, 0.1) is 28.9 Å². The van der Waals surface area contributed by atoms with E-state index in [2.05, 4.69) is 15.1 Å². The molecule has 0 amide bonds. The van der Waals surface area contributed by atoms with Crippen LogP contribution in [0.15, 0.2) is 46.7 Å². The third kappa shape index (κ3) is 2.21. The van der Waals surface area contributed by atoms with Gasteiger partial charge in [0, 0.05) is 17.8 Å². The quantitative estimate of drug-likeness (QED) is 0.623. The number of nitrogens with one attached hydrogen (secondary N) is 1. The van der Waals surface area contributed by atoms with E-state index >= 15 is 0 Å². The summed E-state index contributed by atoms with van der Waals surface area (Å²) in [7, 11) is 1.55. The van der Waals surface area contributed by atoms with Gasteiger partial charge in [0.1, 0.15) is 0 Å². The second-order valence-corrected chi connectivity index (χ2v) is 6.24. The van der Waals surface area contributed by atoms with Crippen molar-refractivity contribution in [1.82, 2.24) is 19.6 Å². The fourth-order valence-electron chi connectivity index (χ4n) is 2.70. The molecule has 0 saturated carbocycles. The first-order valence-electron chi connectivity index (χ1n) is 7.34. The van der Waals surface area contributed by atoms with Crippen molar-refractivity contribution in [2.75, 3.05) is 7.11 Å². The van der Waals surface area contributed by atoms with Gasteiger partial charge in [-0.1, -0.05) is 6.07 Å². The van der Waals surface area contributed by atoms with Crippen molar-refractivity contribution in [3.05, 3.63) is 57.8 Å². The van der Waals surface area contributed by atoms with E-state index in [1.807, 2.05) is 30.5 Å².